The van der Waals surface area contributed by atoms with Crippen LogP contribution in [0.1, 0.15) is 73.9 Å². The number of benzene rings is 10. The van der Waals surface area contributed by atoms with Crippen molar-refractivity contribution in [2.75, 3.05) is 4.90 Å². The lowest BCUT2D eigenvalue weighted by Gasteiger charge is -2.42. The molecule has 0 radical (unpaired) electrons. The van der Waals surface area contributed by atoms with Gasteiger partial charge in [0.1, 0.15) is 0 Å². The number of hydrogen-bond acceptors (Lipinski definition) is 1. The number of fused-ring (bicyclic) bond motifs is 10. The molecule has 1 heteroatoms. The fourth-order valence-electron chi connectivity index (χ4n) is 11.7. The fourth-order valence-corrected chi connectivity index (χ4v) is 11.7. The van der Waals surface area contributed by atoms with Gasteiger partial charge in [0.15, 0.2) is 0 Å². The highest BCUT2D eigenvalue weighted by atomic mass is 15.1. The van der Waals surface area contributed by atoms with E-state index in [-0.39, 0.29) is 10.8 Å². The van der Waals surface area contributed by atoms with E-state index in [2.05, 4.69) is 245 Å². The average molecular weight is 822 g/mol. The summed E-state index contributed by atoms with van der Waals surface area (Å²) in [5, 5.41) is 7.63. The van der Waals surface area contributed by atoms with E-state index in [0.29, 0.717) is 0 Å². The highest BCUT2D eigenvalue weighted by Crippen LogP contribution is 2.59. The smallest absolute Gasteiger partial charge is 0.0714 e. The van der Waals surface area contributed by atoms with Crippen LogP contribution in [0.2, 0.25) is 0 Å². The highest BCUT2D eigenvalue weighted by molar-refractivity contribution is 6.25. The molecule has 308 valence electrons. The van der Waals surface area contributed by atoms with Crippen LogP contribution in [0.3, 0.4) is 0 Å². The topological polar surface area (TPSA) is 3.24 Å². The van der Waals surface area contributed by atoms with Crippen LogP contribution in [0.15, 0.2) is 212 Å². The van der Waals surface area contributed by atoms with Crippen LogP contribution in [0, 0.1) is 0 Å². The Morgan fingerprint density at radius 3 is 1.47 bits per heavy atom. The van der Waals surface area contributed by atoms with Gasteiger partial charge in [0.25, 0.3) is 0 Å². The second kappa shape index (κ2) is 14.4. The minimum atomic E-state index is -0.551. The van der Waals surface area contributed by atoms with Gasteiger partial charge in [-0.15, -0.1) is 0 Å². The van der Waals surface area contributed by atoms with Gasteiger partial charge >= 0.3 is 0 Å². The standard InChI is InChI=1S/C63H51N/c1-61(2)36-37-62(3,4)59-38-42(32-35-57(59)61)53-40-55-52-30-18-19-31-56(52)63(43-20-8-5-9-21-43,44-22-10-6-11-23-44)58(55)41-60(53)64(45-24-12-7-13-25-45)46-33-34-51-49-28-15-14-26-47(49)48-27-16-17-29-50(48)54(51)39-46/h5-35,38-41H,36-37H2,1-4H3. The van der Waals surface area contributed by atoms with Gasteiger partial charge in [0.05, 0.1) is 11.1 Å². The van der Waals surface area contributed by atoms with E-state index >= 15 is 0 Å². The summed E-state index contributed by atoms with van der Waals surface area (Å²) in [6, 6.07) is 80.0. The molecule has 0 aliphatic heterocycles. The van der Waals surface area contributed by atoms with Crippen molar-refractivity contribution in [3.63, 3.8) is 0 Å². The molecule has 0 aromatic heterocycles. The predicted octanol–water partition coefficient (Wildman–Crippen LogP) is 17.0. The lowest BCUT2D eigenvalue weighted by atomic mass is 9.63. The van der Waals surface area contributed by atoms with Gasteiger partial charge in [0.2, 0.25) is 0 Å². The van der Waals surface area contributed by atoms with Crippen LogP contribution in [-0.4, -0.2) is 0 Å². The largest absolute Gasteiger partial charge is 0.310 e. The summed E-state index contributed by atoms with van der Waals surface area (Å²) in [5.41, 5.74) is 16.1. The van der Waals surface area contributed by atoms with E-state index in [4.69, 9.17) is 0 Å². The molecule has 0 unspecified atom stereocenters. The van der Waals surface area contributed by atoms with Crippen molar-refractivity contribution in [2.24, 2.45) is 0 Å². The normalized spacial score (nSPS) is 15.4. The maximum absolute atomic E-state index is 2.56. The van der Waals surface area contributed by atoms with Gasteiger partial charge in [-0.05, 0) is 142 Å². The molecule has 0 atom stereocenters. The van der Waals surface area contributed by atoms with Crippen molar-refractivity contribution in [2.45, 2.75) is 56.8 Å². The van der Waals surface area contributed by atoms with Gasteiger partial charge in [-0.1, -0.05) is 204 Å². The van der Waals surface area contributed by atoms with Gasteiger partial charge in [-0.2, -0.15) is 0 Å². The average Bonchev–Trinajstić information content (AvgIpc) is 3.63. The molecule has 0 spiro atoms. The third-order valence-corrected chi connectivity index (χ3v) is 15.0. The van der Waals surface area contributed by atoms with E-state index in [9.17, 15) is 0 Å². The summed E-state index contributed by atoms with van der Waals surface area (Å²) in [6.45, 7) is 9.74. The molecule has 0 heterocycles. The van der Waals surface area contributed by atoms with Crippen LogP contribution < -0.4 is 4.90 Å². The first-order chi connectivity index (χ1) is 31.2. The summed E-state index contributed by atoms with van der Waals surface area (Å²) >= 11 is 0. The van der Waals surface area contributed by atoms with Crippen LogP contribution in [0.25, 0.3) is 54.6 Å². The van der Waals surface area contributed by atoms with Crippen molar-refractivity contribution in [1.82, 2.24) is 0 Å². The van der Waals surface area contributed by atoms with Gasteiger partial charge in [-0.3, -0.25) is 0 Å². The molecule has 2 aliphatic carbocycles. The Morgan fingerprint density at radius 1 is 0.328 bits per heavy atom. The molecule has 0 amide bonds. The number of anilines is 3. The molecule has 0 N–H and O–H groups in total. The van der Waals surface area contributed by atoms with E-state index in [1.165, 1.54) is 94.4 Å². The highest BCUT2D eigenvalue weighted by Gasteiger charge is 2.47. The molecule has 64 heavy (non-hydrogen) atoms. The molecular weight excluding hydrogens is 771 g/mol. The number of hydrogen-bond donors (Lipinski definition) is 0. The van der Waals surface area contributed by atoms with Crippen molar-refractivity contribution in [3.8, 4) is 22.3 Å². The van der Waals surface area contributed by atoms with Crippen LogP contribution in [0.4, 0.5) is 17.1 Å². The second-order valence-electron chi connectivity index (χ2n) is 19.5. The lowest BCUT2D eigenvalue weighted by Crippen LogP contribution is -2.33. The van der Waals surface area contributed by atoms with Gasteiger partial charge in [-0.25, -0.2) is 0 Å². The molecule has 0 bridgehead atoms. The van der Waals surface area contributed by atoms with E-state index in [1.54, 1.807) is 0 Å². The molecule has 2 aliphatic rings. The Hall–Kier alpha value is -7.22. The SMILES string of the molecule is CC1(C)CCC(C)(C)c2cc(-c3cc4c(cc3N(c3ccccc3)c3ccc5c6ccccc6c6ccccc6c5c3)C(c3ccccc3)(c3ccccc3)c3ccccc3-4)ccc21. The predicted molar refractivity (Wildman–Crippen MR) is 272 cm³/mol. The summed E-state index contributed by atoms with van der Waals surface area (Å²) in [7, 11) is 0. The summed E-state index contributed by atoms with van der Waals surface area (Å²) < 4.78 is 0. The van der Waals surface area contributed by atoms with Crippen LogP contribution >= 0.6 is 0 Å². The third kappa shape index (κ3) is 5.70. The molecular formula is C63H51N. The maximum Gasteiger partial charge on any atom is 0.0714 e. The lowest BCUT2D eigenvalue weighted by molar-refractivity contribution is 0.332. The Labute approximate surface area is 377 Å². The number of rotatable bonds is 6. The zero-order valence-corrected chi connectivity index (χ0v) is 37.1. The number of para-hydroxylation sites is 1. The minimum Gasteiger partial charge on any atom is -0.310 e. The minimum absolute atomic E-state index is 0.0570. The first-order valence-corrected chi connectivity index (χ1v) is 23.0. The fraction of sp³-hybridized carbons (Fsp3) is 0.143. The van der Waals surface area contributed by atoms with Crippen molar-refractivity contribution < 1.29 is 0 Å². The summed E-state index contributed by atoms with van der Waals surface area (Å²) in [6.07, 6.45) is 2.34. The van der Waals surface area contributed by atoms with Crippen LogP contribution in [0.5, 0.6) is 0 Å². The Balaban J connectivity index is 1.22. The molecule has 12 rings (SSSR count). The quantitative estimate of drug-likeness (QED) is 0.151. The van der Waals surface area contributed by atoms with Gasteiger partial charge < -0.3 is 4.90 Å². The van der Waals surface area contributed by atoms with E-state index < -0.39 is 5.41 Å². The zero-order chi connectivity index (χ0) is 43.2. The molecule has 1 nitrogen and oxygen atoms in total. The van der Waals surface area contributed by atoms with E-state index in [1.807, 2.05) is 0 Å². The monoisotopic (exact) mass is 821 g/mol. The third-order valence-electron chi connectivity index (χ3n) is 15.0. The number of nitrogens with zero attached hydrogens (tertiary/aromatic N) is 1. The molecule has 10 aromatic carbocycles. The summed E-state index contributed by atoms with van der Waals surface area (Å²) in [4.78, 5) is 2.54. The molecule has 0 saturated carbocycles. The second-order valence-corrected chi connectivity index (χ2v) is 19.5. The molecule has 10 aromatic rings. The first kappa shape index (κ1) is 38.5. The van der Waals surface area contributed by atoms with Crippen LogP contribution in [-0.2, 0) is 16.2 Å². The summed E-state index contributed by atoms with van der Waals surface area (Å²) in [5.74, 6) is 0. The maximum atomic E-state index is 2.56. The van der Waals surface area contributed by atoms with Gasteiger partial charge in [0, 0.05) is 16.9 Å². The van der Waals surface area contributed by atoms with Crippen molar-refractivity contribution >= 4 is 49.4 Å². The van der Waals surface area contributed by atoms with Crippen molar-refractivity contribution in [3.05, 3.63) is 246 Å². The Kier molecular flexibility index (Phi) is 8.66. The molecule has 0 fully saturated rings. The first-order valence-electron chi connectivity index (χ1n) is 23.0. The zero-order valence-electron chi connectivity index (χ0n) is 37.1. The van der Waals surface area contributed by atoms with E-state index in [0.717, 1.165) is 23.5 Å². The molecule has 0 saturated heterocycles. The Bertz CT molecular complexity index is 3360. The Morgan fingerprint density at radius 2 is 0.844 bits per heavy atom. The van der Waals surface area contributed by atoms with Crippen molar-refractivity contribution in [1.29, 1.82) is 0 Å².